The Kier molecular flexibility index (Phi) is 2.54. The largest absolute Gasteiger partial charge is 0.477 e. The van der Waals surface area contributed by atoms with Crippen molar-refractivity contribution in [3.8, 4) is 0 Å². The van der Waals surface area contributed by atoms with Crippen LogP contribution in [0.3, 0.4) is 0 Å². The van der Waals surface area contributed by atoms with E-state index in [1.165, 1.54) is 18.7 Å². The van der Waals surface area contributed by atoms with E-state index in [0.717, 1.165) is 24.7 Å². The second kappa shape index (κ2) is 4.08. The summed E-state index contributed by atoms with van der Waals surface area (Å²) < 4.78 is 0. The second-order valence-electron chi connectivity index (χ2n) is 5.15. The fraction of sp³-hybridized carbons (Fsp3) is 0.462. The summed E-state index contributed by atoms with van der Waals surface area (Å²) in [5.74, 6) is 0.630. The Balaban J connectivity index is 1.61. The Hall–Kier alpha value is -1.91. The summed E-state index contributed by atoms with van der Waals surface area (Å²) in [6, 6.07) is 2.97. The highest BCUT2D eigenvalue weighted by Crippen LogP contribution is 2.54. The van der Waals surface area contributed by atoms with Crippen molar-refractivity contribution < 1.29 is 14.7 Å². The maximum absolute atomic E-state index is 11.9. The molecule has 0 saturated heterocycles. The van der Waals surface area contributed by atoms with Crippen molar-refractivity contribution >= 4 is 17.6 Å². The topological polar surface area (TPSA) is 79.3 Å². The van der Waals surface area contributed by atoms with Gasteiger partial charge in [-0.2, -0.15) is 0 Å². The molecule has 0 radical (unpaired) electrons. The highest BCUT2D eigenvalue weighted by atomic mass is 16.4. The Morgan fingerprint density at radius 2 is 1.94 bits per heavy atom. The summed E-state index contributed by atoms with van der Waals surface area (Å²) >= 11 is 0. The smallest absolute Gasteiger partial charge is 0.354 e. The molecule has 3 rings (SSSR count). The predicted molar refractivity (Wildman–Crippen MR) is 64.1 cm³/mol. The van der Waals surface area contributed by atoms with Gasteiger partial charge < -0.3 is 10.4 Å². The normalized spacial score (nSPS) is 28.6. The van der Waals surface area contributed by atoms with Crippen LogP contribution in [0.25, 0.3) is 0 Å². The molecule has 1 amide bonds. The first-order chi connectivity index (χ1) is 8.63. The molecule has 0 spiro atoms. The highest BCUT2D eigenvalue weighted by Gasteiger charge is 2.47. The average molecular weight is 246 g/mol. The number of pyridine rings is 1. The average Bonchev–Trinajstić information content (AvgIpc) is 2.96. The van der Waals surface area contributed by atoms with Crippen LogP contribution >= 0.6 is 0 Å². The van der Waals surface area contributed by atoms with Gasteiger partial charge in [-0.15, -0.1) is 0 Å². The zero-order valence-corrected chi connectivity index (χ0v) is 9.80. The number of carbonyl (C=O) groups is 2. The molecule has 2 N–H and O–H groups in total. The standard InChI is InChI=1S/C13H14N2O3/c16-12(9-4-7-3-8(7)5-9)15-10-1-2-11(13(17)18)14-6-10/h1-2,6-9H,3-5H2,(H,15,16)(H,17,18). The van der Waals surface area contributed by atoms with Crippen LogP contribution in [0.5, 0.6) is 0 Å². The molecule has 1 heterocycles. The van der Waals surface area contributed by atoms with E-state index in [4.69, 9.17) is 5.11 Å². The summed E-state index contributed by atoms with van der Waals surface area (Å²) in [7, 11) is 0. The Bertz CT molecular complexity index is 487. The molecule has 0 bridgehead atoms. The number of fused-ring (bicyclic) bond motifs is 1. The first-order valence-corrected chi connectivity index (χ1v) is 6.13. The van der Waals surface area contributed by atoms with Gasteiger partial charge in [0.1, 0.15) is 5.69 Å². The number of hydrogen-bond donors (Lipinski definition) is 2. The van der Waals surface area contributed by atoms with E-state index in [9.17, 15) is 9.59 Å². The van der Waals surface area contributed by atoms with Crippen LogP contribution in [0.2, 0.25) is 0 Å². The molecular weight excluding hydrogens is 232 g/mol. The Labute approximate surface area is 104 Å². The molecule has 2 saturated carbocycles. The zero-order chi connectivity index (χ0) is 12.7. The van der Waals surface area contributed by atoms with Crippen LogP contribution in [0.4, 0.5) is 5.69 Å². The predicted octanol–water partition coefficient (Wildman–Crippen LogP) is 1.76. The zero-order valence-electron chi connectivity index (χ0n) is 9.80. The van der Waals surface area contributed by atoms with E-state index in [2.05, 4.69) is 10.3 Å². The van der Waals surface area contributed by atoms with Gasteiger partial charge in [-0.3, -0.25) is 4.79 Å². The van der Waals surface area contributed by atoms with Crippen molar-refractivity contribution in [1.82, 2.24) is 4.98 Å². The fourth-order valence-corrected chi connectivity index (χ4v) is 2.77. The first kappa shape index (κ1) is 11.2. The molecule has 2 aliphatic carbocycles. The number of carboxylic acid groups (broad SMARTS) is 1. The third kappa shape index (κ3) is 2.08. The number of amides is 1. The molecule has 18 heavy (non-hydrogen) atoms. The fourth-order valence-electron chi connectivity index (χ4n) is 2.77. The van der Waals surface area contributed by atoms with Crippen molar-refractivity contribution in [2.45, 2.75) is 19.3 Å². The summed E-state index contributed by atoms with van der Waals surface area (Å²) in [6.45, 7) is 0. The van der Waals surface area contributed by atoms with Gasteiger partial charge in [-0.1, -0.05) is 0 Å². The monoisotopic (exact) mass is 246 g/mol. The van der Waals surface area contributed by atoms with E-state index < -0.39 is 5.97 Å². The minimum atomic E-state index is -1.07. The molecule has 0 aromatic carbocycles. The van der Waals surface area contributed by atoms with Gasteiger partial charge in [0.15, 0.2) is 0 Å². The molecule has 94 valence electrons. The molecular formula is C13H14N2O3. The maximum Gasteiger partial charge on any atom is 0.354 e. The van der Waals surface area contributed by atoms with E-state index in [1.807, 2.05) is 0 Å². The number of nitrogens with zero attached hydrogens (tertiary/aromatic N) is 1. The summed E-state index contributed by atoms with van der Waals surface area (Å²) in [5.41, 5.74) is 0.542. The van der Waals surface area contributed by atoms with Gasteiger partial charge in [-0.05, 0) is 43.2 Å². The lowest BCUT2D eigenvalue weighted by molar-refractivity contribution is -0.120. The third-order valence-electron chi connectivity index (χ3n) is 3.86. The minimum Gasteiger partial charge on any atom is -0.477 e. The molecule has 2 aliphatic rings. The van der Waals surface area contributed by atoms with Crippen molar-refractivity contribution in [3.05, 3.63) is 24.0 Å². The third-order valence-corrected chi connectivity index (χ3v) is 3.86. The van der Waals surface area contributed by atoms with Gasteiger partial charge in [0, 0.05) is 5.92 Å². The minimum absolute atomic E-state index is 0.0184. The summed E-state index contributed by atoms with van der Waals surface area (Å²) in [6.07, 6.45) is 4.67. The van der Waals surface area contributed by atoms with E-state index in [1.54, 1.807) is 6.07 Å². The van der Waals surface area contributed by atoms with Crippen LogP contribution in [-0.4, -0.2) is 22.0 Å². The molecule has 0 aliphatic heterocycles. The summed E-state index contributed by atoms with van der Waals surface area (Å²) in [4.78, 5) is 26.3. The highest BCUT2D eigenvalue weighted by molar-refractivity contribution is 5.93. The Morgan fingerprint density at radius 3 is 2.50 bits per heavy atom. The van der Waals surface area contributed by atoms with E-state index in [0.29, 0.717) is 5.69 Å². The quantitative estimate of drug-likeness (QED) is 0.851. The number of aromatic nitrogens is 1. The number of hydrogen-bond acceptors (Lipinski definition) is 3. The molecule has 2 atom stereocenters. The number of rotatable bonds is 3. The van der Waals surface area contributed by atoms with Crippen LogP contribution in [-0.2, 0) is 4.79 Å². The molecule has 1 aromatic heterocycles. The maximum atomic E-state index is 11.9. The van der Waals surface area contributed by atoms with Crippen molar-refractivity contribution in [3.63, 3.8) is 0 Å². The van der Waals surface area contributed by atoms with Gasteiger partial charge in [0.25, 0.3) is 0 Å². The van der Waals surface area contributed by atoms with Crippen molar-refractivity contribution in [2.75, 3.05) is 5.32 Å². The summed E-state index contributed by atoms with van der Waals surface area (Å²) in [5, 5.41) is 11.5. The number of aromatic carboxylic acids is 1. The number of carboxylic acids is 1. The SMILES string of the molecule is O=C(O)c1ccc(NC(=O)C2CC3CC3C2)cn1. The first-order valence-electron chi connectivity index (χ1n) is 6.13. The lowest BCUT2D eigenvalue weighted by atomic mass is 10.0. The van der Waals surface area contributed by atoms with Crippen LogP contribution in [0, 0.1) is 17.8 Å². The lowest BCUT2D eigenvalue weighted by Crippen LogP contribution is -2.21. The van der Waals surface area contributed by atoms with Crippen LogP contribution < -0.4 is 5.32 Å². The van der Waals surface area contributed by atoms with Crippen molar-refractivity contribution in [1.29, 1.82) is 0 Å². The van der Waals surface area contributed by atoms with Crippen LogP contribution in [0.1, 0.15) is 29.8 Å². The van der Waals surface area contributed by atoms with Gasteiger partial charge >= 0.3 is 5.97 Å². The van der Waals surface area contributed by atoms with E-state index >= 15 is 0 Å². The number of carbonyl (C=O) groups excluding carboxylic acids is 1. The van der Waals surface area contributed by atoms with Gasteiger partial charge in [-0.25, -0.2) is 9.78 Å². The van der Waals surface area contributed by atoms with Crippen LogP contribution in [0.15, 0.2) is 18.3 Å². The van der Waals surface area contributed by atoms with Crippen molar-refractivity contribution in [2.24, 2.45) is 17.8 Å². The van der Waals surface area contributed by atoms with Gasteiger partial charge in [0.05, 0.1) is 11.9 Å². The molecule has 2 fully saturated rings. The van der Waals surface area contributed by atoms with Gasteiger partial charge in [0.2, 0.25) is 5.91 Å². The molecule has 5 heteroatoms. The second-order valence-corrected chi connectivity index (χ2v) is 5.15. The number of anilines is 1. The molecule has 2 unspecified atom stereocenters. The lowest BCUT2D eigenvalue weighted by Gasteiger charge is -2.11. The number of nitrogens with one attached hydrogen (secondary N) is 1. The molecule has 1 aromatic rings. The molecule has 5 nitrogen and oxygen atoms in total. The van der Waals surface area contributed by atoms with E-state index in [-0.39, 0.29) is 17.5 Å². The Morgan fingerprint density at radius 1 is 1.22 bits per heavy atom.